The Morgan fingerprint density at radius 1 is 1.44 bits per heavy atom. The Hall–Kier alpha value is -0.460. The summed E-state index contributed by atoms with van der Waals surface area (Å²) in [6.45, 7) is 4.12. The third-order valence-electron chi connectivity index (χ3n) is 2.47. The van der Waals surface area contributed by atoms with E-state index in [0.717, 1.165) is 17.9 Å². The first-order valence-electron chi connectivity index (χ1n) is 5.73. The minimum Gasteiger partial charge on any atom is -0.480 e. The Morgan fingerprint density at radius 3 is 2.56 bits per heavy atom. The SMILES string of the molecule is CCSCCC(C)N(C)CC(=O)NCC(=O)O.Cl. The van der Waals surface area contributed by atoms with Gasteiger partial charge < -0.3 is 10.4 Å². The molecule has 108 valence electrons. The summed E-state index contributed by atoms with van der Waals surface area (Å²) in [4.78, 5) is 23.6. The molecule has 18 heavy (non-hydrogen) atoms. The van der Waals surface area contributed by atoms with Crippen LogP contribution in [0.25, 0.3) is 0 Å². The number of carbonyl (C=O) groups excluding carboxylic acids is 1. The van der Waals surface area contributed by atoms with Crippen LogP contribution >= 0.6 is 24.2 Å². The van der Waals surface area contributed by atoms with Gasteiger partial charge >= 0.3 is 5.97 Å². The van der Waals surface area contributed by atoms with Crippen LogP contribution in [0, 0.1) is 0 Å². The number of thioether (sulfide) groups is 1. The van der Waals surface area contributed by atoms with Crippen LogP contribution in [0.15, 0.2) is 0 Å². The minimum atomic E-state index is -1.02. The van der Waals surface area contributed by atoms with Crippen molar-refractivity contribution in [3.63, 3.8) is 0 Å². The van der Waals surface area contributed by atoms with Gasteiger partial charge in [-0.15, -0.1) is 12.4 Å². The molecular weight excluding hydrogens is 276 g/mol. The predicted molar refractivity (Wildman–Crippen MR) is 77.6 cm³/mol. The Morgan fingerprint density at radius 2 is 2.06 bits per heavy atom. The van der Waals surface area contributed by atoms with E-state index in [2.05, 4.69) is 19.2 Å². The number of amides is 1. The minimum absolute atomic E-state index is 0. The van der Waals surface area contributed by atoms with Gasteiger partial charge in [0, 0.05) is 6.04 Å². The van der Waals surface area contributed by atoms with Gasteiger partial charge in [0.05, 0.1) is 6.54 Å². The number of halogens is 1. The fourth-order valence-electron chi connectivity index (χ4n) is 1.23. The van der Waals surface area contributed by atoms with Crippen molar-refractivity contribution >= 4 is 36.0 Å². The van der Waals surface area contributed by atoms with Gasteiger partial charge in [-0.05, 0) is 31.9 Å². The topological polar surface area (TPSA) is 69.6 Å². The highest BCUT2D eigenvalue weighted by atomic mass is 35.5. The molecule has 0 saturated heterocycles. The molecule has 7 heteroatoms. The number of likely N-dealkylation sites (N-methyl/N-ethyl adjacent to an activating group) is 1. The summed E-state index contributed by atoms with van der Waals surface area (Å²) in [6, 6.07) is 0.324. The lowest BCUT2D eigenvalue weighted by atomic mass is 10.2. The van der Waals surface area contributed by atoms with Crippen LogP contribution in [-0.4, -0.2) is 59.6 Å². The van der Waals surface area contributed by atoms with Crippen molar-refractivity contribution < 1.29 is 14.7 Å². The summed E-state index contributed by atoms with van der Waals surface area (Å²) < 4.78 is 0. The number of nitrogens with zero attached hydrogens (tertiary/aromatic N) is 1. The molecule has 0 rings (SSSR count). The summed E-state index contributed by atoms with van der Waals surface area (Å²) in [7, 11) is 1.88. The second kappa shape index (κ2) is 11.6. The van der Waals surface area contributed by atoms with E-state index >= 15 is 0 Å². The Bertz CT molecular complexity index is 254. The van der Waals surface area contributed by atoms with E-state index in [4.69, 9.17) is 5.11 Å². The van der Waals surface area contributed by atoms with E-state index in [0.29, 0.717) is 6.04 Å². The zero-order chi connectivity index (χ0) is 13.3. The van der Waals surface area contributed by atoms with E-state index in [9.17, 15) is 9.59 Å². The van der Waals surface area contributed by atoms with Crippen molar-refractivity contribution in [1.29, 1.82) is 0 Å². The molecule has 0 aliphatic heterocycles. The summed E-state index contributed by atoms with van der Waals surface area (Å²) in [5, 5.41) is 10.8. The van der Waals surface area contributed by atoms with Crippen LogP contribution in [0.2, 0.25) is 0 Å². The van der Waals surface area contributed by atoms with Gasteiger partial charge in [0.25, 0.3) is 0 Å². The molecule has 0 spiro atoms. The third kappa shape index (κ3) is 10.7. The molecule has 0 aromatic heterocycles. The zero-order valence-corrected chi connectivity index (χ0v) is 12.8. The normalized spacial score (nSPS) is 11.8. The van der Waals surface area contributed by atoms with Gasteiger partial charge in [-0.1, -0.05) is 6.92 Å². The van der Waals surface area contributed by atoms with Gasteiger partial charge in [-0.25, -0.2) is 0 Å². The fraction of sp³-hybridized carbons (Fsp3) is 0.818. The molecule has 0 aromatic rings. The molecule has 0 saturated carbocycles. The van der Waals surface area contributed by atoms with Gasteiger partial charge in [0.2, 0.25) is 5.91 Å². The molecule has 0 heterocycles. The number of hydrogen-bond acceptors (Lipinski definition) is 4. The second-order valence-corrected chi connectivity index (χ2v) is 5.31. The number of nitrogens with one attached hydrogen (secondary N) is 1. The molecule has 2 N–H and O–H groups in total. The van der Waals surface area contributed by atoms with E-state index in [1.54, 1.807) is 0 Å². The first-order chi connectivity index (χ1) is 7.97. The highest BCUT2D eigenvalue weighted by Gasteiger charge is 2.13. The number of carboxylic acids is 1. The number of carbonyl (C=O) groups is 2. The number of rotatable bonds is 9. The summed E-state index contributed by atoms with van der Waals surface area (Å²) >= 11 is 1.88. The van der Waals surface area contributed by atoms with E-state index in [-0.39, 0.29) is 31.4 Å². The smallest absolute Gasteiger partial charge is 0.322 e. The van der Waals surface area contributed by atoms with Crippen molar-refractivity contribution in [2.45, 2.75) is 26.3 Å². The van der Waals surface area contributed by atoms with Gasteiger partial charge in [0.15, 0.2) is 0 Å². The van der Waals surface area contributed by atoms with E-state index in [1.807, 2.05) is 23.7 Å². The van der Waals surface area contributed by atoms with Crippen LogP contribution in [-0.2, 0) is 9.59 Å². The van der Waals surface area contributed by atoms with Gasteiger partial charge in [-0.3, -0.25) is 14.5 Å². The van der Waals surface area contributed by atoms with Crippen LogP contribution in [0.1, 0.15) is 20.3 Å². The predicted octanol–water partition coefficient (Wildman–Crippen LogP) is 1.07. The summed E-state index contributed by atoms with van der Waals surface area (Å²) in [5.74, 6) is 0.923. The monoisotopic (exact) mass is 298 g/mol. The van der Waals surface area contributed by atoms with Crippen molar-refractivity contribution in [1.82, 2.24) is 10.2 Å². The first-order valence-corrected chi connectivity index (χ1v) is 6.89. The lowest BCUT2D eigenvalue weighted by Gasteiger charge is -2.23. The molecule has 5 nitrogen and oxygen atoms in total. The quantitative estimate of drug-likeness (QED) is 0.623. The maximum atomic E-state index is 11.4. The van der Waals surface area contributed by atoms with Crippen LogP contribution in [0.4, 0.5) is 0 Å². The van der Waals surface area contributed by atoms with Crippen LogP contribution in [0.5, 0.6) is 0 Å². The van der Waals surface area contributed by atoms with Crippen molar-refractivity contribution in [3.8, 4) is 0 Å². The molecule has 0 bridgehead atoms. The molecule has 1 amide bonds. The molecule has 0 aliphatic carbocycles. The molecule has 1 atom stereocenters. The maximum Gasteiger partial charge on any atom is 0.322 e. The lowest BCUT2D eigenvalue weighted by molar-refractivity contribution is -0.138. The zero-order valence-electron chi connectivity index (χ0n) is 11.1. The van der Waals surface area contributed by atoms with Crippen LogP contribution < -0.4 is 5.32 Å². The molecule has 1 unspecified atom stereocenters. The molecule has 0 aliphatic rings. The Labute approximate surface area is 119 Å². The molecule has 0 aromatic carbocycles. The average molecular weight is 299 g/mol. The number of carboxylic acid groups (broad SMARTS) is 1. The fourth-order valence-corrected chi connectivity index (χ4v) is 2.03. The van der Waals surface area contributed by atoms with Crippen LogP contribution in [0.3, 0.4) is 0 Å². The average Bonchev–Trinajstić information content (AvgIpc) is 2.26. The second-order valence-electron chi connectivity index (χ2n) is 3.92. The number of hydrogen-bond donors (Lipinski definition) is 2. The first kappa shape index (κ1) is 19.9. The van der Waals surface area contributed by atoms with Gasteiger partial charge in [0.1, 0.15) is 6.54 Å². The maximum absolute atomic E-state index is 11.4. The molecular formula is C11H23ClN2O3S. The molecule has 0 radical (unpaired) electrons. The van der Waals surface area contributed by atoms with E-state index in [1.165, 1.54) is 0 Å². The Balaban J connectivity index is 0. The number of aliphatic carboxylic acids is 1. The standard InChI is InChI=1S/C11H22N2O3S.ClH/c1-4-17-6-5-9(2)13(3)8-10(14)12-7-11(15)16;/h9H,4-8H2,1-3H3,(H,12,14)(H,15,16);1H. The molecule has 0 fully saturated rings. The highest BCUT2D eigenvalue weighted by Crippen LogP contribution is 2.07. The Kier molecular flexibility index (Phi) is 12.8. The highest BCUT2D eigenvalue weighted by molar-refractivity contribution is 7.99. The van der Waals surface area contributed by atoms with Crippen molar-refractivity contribution in [2.24, 2.45) is 0 Å². The van der Waals surface area contributed by atoms with E-state index < -0.39 is 5.97 Å². The largest absolute Gasteiger partial charge is 0.480 e. The summed E-state index contributed by atoms with van der Waals surface area (Å²) in [5.41, 5.74) is 0. The third-order valence-corrected chi connectivity index (χ3v) is 3.40. The van der Waals surface area contributed by atoms with Crippen molar-refractivity contribution in [3.05, 3.63) is 0 Å². The summed E-state index contributed by atoms with van der Waals surface area (Å²) in [6.07, 6.45) is 1.03. The lowest BCUT2D eigenvalue weighted by Crippen LogP contribution is -2.41. The van der Waals surface area contributed by atoms with Gasteiger partial charge in [-0.2, -0.15) is 11.8 Å². The van der Waals surface area contributed by atoms with Crippen molar-refractivity contribution in [2.75, 3.05) is 31.6 Å².